The lowest BCUT2D eigenvalue weighted by molar-refractivity contribution is 0.507. The Balaban J connectivity index is 2.73. The molecule has 0 atom stereocenters. The highest BCUT2D eigenvalue weighted by molar-refractivity contribution is 5.76. The molecule has 4 N–H and O–H groups in total. The fourth-order valence-corrected chi connectivity index (χ4v) is 1.42. The second-order valence-corrected chi connectivity index (χ2v) is 3.04. The minimum Gasteiger partial charge on any atom is -0.408 e. The second-order valence-electron chi connectivity index (χ2n) is 3.04. The Morgan fingerprint density at radius 1 is 1.43 bits per heavy atom. The first-order valence-electron chi connectivity index (χ1n) is 4.31. The number of hydrogen-bond donors (Lipinski definition) is 2. The van der Waals surface area contributed by atoms with Crippen molar-refractivity contribution in [2.45, 2.75) is 6.54 Å². The van der Waals surface area contributed by atoms with E-state index in [1.807, 2.05) is 0 Å². The van der Waals surface area contributed by atoms with Crippen molar-refractivity contribution in [1.29, 1.82) is 0 Å². The average molecular weight is 193 g/mol. The summed E-state index contributed by atoms with van der Waals surface area (Å²) in [7, 11) is 0. The molecule has 0 spiro atoms. The maximum Gasteiger partial charge on any atom is 0.419 e. The molecular formula is C9H11N3O2. The Morgan fingerprint density at radius 3 is 2.93 bits per heavy atom. The predicted molar refractivity (Wildman–Crippen MR) is 53.9 cm³/mol. The molecule has 1 aromatic heterocycles. The largest absolute Gasteiger partial charge is 0.419 e. The summed E-state index contributed by atoms with van der Waals surface area (Å²) in [6, 6.07) is 5.08. The third-order valence-electron chi connectivity index (χ3n) is 2.04. The molecule has 5 heteroatoms. The molecule has 0 aliphatic rings. The van der Waals surface area contributed by atoms with Gasteiger partial charge >= 0.3 is 5.76 Å². The van der Waals surface area contributed by atoms with Gasteiger partial charge in [-0.1, -0.05) is 0 Å². The number of aromatic nitrogens is 1. The molecule has 0 aliphatic carbocycles. The number of nitrogens with zero attached hydrogens (tertiary/aromatic N) is 1. The van der Waals surface area contributed by atoms with Crippen molar-refractivity contribution in [3.63, 3.8) is 0 Å². The van der Waals surface area contributed by atoms with Crippen LogP contribution in [0, 0.1) is 0 Å². The summed E-state index contributed by atoms with van der Waals surface area (Å²) >= 11 is 0. The van der Waals surface area contributed by atoms with Gasteiger partial charge in [0.1, 0.15) is 0 Å². The van der Waals surface area contributed by atoms with Crippen LogP contribution in [0.2, 0.25) is 0 Å². The number of anilines is 1. The first-order chi connectivity index (χ1) is 6.72. The van der Waals surface area contributed by atoms with Gasteiger partial charge in [-0.05, 0) is 18.2 Å². The van der Waals surface area contributed by atoms with E-state index in [1.54, 1.807) is 18.2 Å². The van der Waals surface area contributed by atoms with Crippen LogP contribution < -0.4 is 17.2 Å². The van der Waals surface area contributed by atoms with Crippen LogP contribution in [-0.4, -0.2) is 11.1 Å². The first kappa shape index (κ1) is 8.83. The predicted octanol–water partition coefficient (Wildman–Crippen LogP) is 0.135. The standard InChI is InChI=1S/C9H11N3O2/c10-3-4-12-7-5-6(11)1-2-8(7)14-9(12)13/h1-2,5H,3-4,10-11H2. The summed E-state index contributed by atoms with van der Waals surface area (Å²) in [5.74, 6) is -0.393. The van der Waals surface area contributed by atoms with Crippen LogP contribution in [0.15, 0.2) is 27.4 Å². The molecule has 0 unspecified atom stereocenters. The van der Waals surface area contributed by atoms with Gasteiger partial charge in [0.15, 0.2) is 5.58 Å². The van der Waals surface area contributed by atoms with E-state index in [2.05, 4.69) is 0 Å². The summed E-state index contributed by atoms with van der Waals surface area (Å²) in [6.45, 7) is 0.832. The van der Waals surface area contributed by atoms with Gasteiger partial charge in [-0.15, -0.1) is 0 Å². The smallest absolute Gasteiger partial charge is 0.408 e. The Hall–Kier alpha value is -1.75. The van der Waals surface area contributed by atoms with Crippen molar-refractivity contribution < 1.29 is 4.42 Å². The molecule has 0 amide bonds. The van der Waals surface area contributed by atoms with Crippen LogP contribution in [0.25, 0.3) is 11.1 Å². The molecular weight excluding hydrogens is 182 g/mol. The zero-order valence-electron chi connectivity index (χ0n) is 7.56. The lowest BCUT2D eigenvalue weighted by atomic mass is 10.3. The molecule has 0 radical (unpaired) electrons. The zero-order valence-corrected chi connectivity index (χ0v) is 7.56. The molecule has 1 aromatic carbocycles. The van der Waals surface area contributed by atoms with Crippen molar-refractivity contribution in [2.75, 3.05) is 12.3 Å². The normalized spacial score (nSPS) is 10.9. The summed E-state index contributed by atoms with van der Waals surface area (Å²) in [6.07, 6.45) is 0. The van der Waals surface area contributed by atoms with Crippen LogP contribution in [0.3, 0.4) is 0 Å². The summed E-state index contributed by atoms with van der Waals surface area (Å²) in [5, 5.41) is 0. The van der Waals surface area contributed by atoms with Gasteiger partial charge in [-0.2, -0.15) is 0 Å². The molecule has 0 bridgehead atoms. The summed E-state index contributed by atoms with van der Waals surface area (Å²) < 4.78 is 6.48. The average Bonchev–Trinajstić information content (AvgIpc) is 2.45. The topological polar surface area (TPSA) is 87.2 Å². The van der Waals surface area contributed by atoms with Crippen molar-refractivity contribution in [3.05, 3.63) is 28.7 Å². The van der Waals surface area contributed by atoms with Crippen LogP contribution in [0.5, 0.6) is 0 Å². The van der Waals surface area contributed by atoms with Crippen LogP contribution >= 0.6 is 0 Å². The minimum absolute atomic E-state index is 0.392. The van der Waals surface area contributed by atoms with E-state index in [9.17, 15) is 4.79 Å². The summed E-state index contributed by atoms with van der Waals surface area (Å²) in [5.41, 5.74) is 12.8. The van der Waals surface area contributed by atoms with E-state index in [-0.39, 0.29) is 0 Å². The fourth-order valence-electron chi connectivity index (χ4n) is 1.42. The molecule has 0 saturated carbocycles. The zero-order chi connectivity index (χ0) is 10.1. The van der Waals surface area contributed by atoms with Gasteiger partial charge in [0.2, 0.25) is 0 Å². The quantitative estimate of drug-likeness (QED) is 0.664. The van der Waals surface area contributed by atoms with Crippen LogP contribution in [0.1, 0.15) is 0 Å². The van der Waals surface area contributed by atoms with Crippen molar-refractivity contribution in [2.24, 2.45) is 5.73 Å². The Labute approximate surface area is 79.9 Å². The molecule has 1 heterocycles. The molecule has 5 nitrogen and oxygen atoms in total. The third-order valence-corrected chi connectivity index (χ3v) is 2.04. The lowest BCUT2D eigenvalue weighted by Crippen LogP contribution is -2.19. The molecule has 2 aromatic rings. The number of oxazole rings is 1. The van der Waals surface area contributed by atoms with Crippen molar-refractivity contribution in [3.8, 4) is 0 Å². The van der Waals surface area contributed by atoms with Gasteiger partial charge in [0.25, 0.3) is 0 Å². The van der Waals surface area contributed by atoms with Crippen molar-refractivity contribution >= 4 is 16.8 Å². The molecule has 14 heavy (non-hydrogen) atoms. The highest BCUT2D eigenvalue weighted by Crippen LogP contribution is 2.15. The van der Waals surface area contributed by atoms with Gasteiger partial charge < -0.3 is 15.9 Å². The van der Waals surface area contributed by atoms with Crippen LogP contribution in [0.4, 0.5) is 5.69 Å². The van der Waals surface area contributed by atoms with Gasteiger partial charge in [0, 0.05) is 18.8 Å². The highest BCUT2D eigenvalue weighted by atomic mass is 16.4. The number of rotatable bonds is 2. The molecule has 0 saturated heterocycles. The molecule has 0 fully saturated rings. The van der Waals surface area contributed by atoms with E-state index < -0.39 is 5.76 Å². The number of benzene rings is 1. The van der Waals surface area contributed by atoms with Crippen LogP contribution in [-0.2, 0) is 6.54 Å². The number of nitrogens with two attached hydrogens (primary N) is 2. The van der Waals surface area contributed by atoms with E-state index >= 15 is 0 Å². The van der Waals surface area contributed by atoms with Gasteiger partial charge in [0.05, 0.1) is 5.52 Å². The number of hydrogen-bond acceptors (Lipinski definition) is 4. The van der Waals surface area contributed by atoms with E-state index in [0.29, 0.717) is 29.9 Å². The Morgan fingerprint density at radius 2 is 2.21 bits per heavy atom. The Kier molecular flexibility index (Phi) is 2.01. The molecule has 0 aliphatic heterocycles. The monoisotopic (exact) mass is 193 g/mol. The molecule has 74 valence electrons. The highest BCUT2D eigenvalue weighted by Gasteiger charge is 2.07. The number of nitrogen functional groups attached to an aromatic ring is 1. The van der Waals surface area contributed by atoms with E-state index in [1.165, 1.54) is 4.57 Å². The maximum absolute atomic E-state index is 11.3. The van der Waals surface area contributed by atoms with Gasteiger partial charge in [-0.3, -0.25) is 4.57 Å². The van der Waals surface area contributed by atoms with E-state index in [0.717, 1.165) is 0 Å². The number of fused-ring (bicyclic) bond motifs is 1. The van der Waals surface area contributed by atoms with Crippen molar-refractivity contribution in [1.82, 2.24) is 4.57 Å². The SMILES string of the molecule is NCCn1c(=O)oc2ccc(N)cc21. The maximum atomic E-state index is 11.3. The second kappa shape index (κ2) is 3.19. The third kappa shape index (κ3) is 1.27. The minimum atomic E-state index is -0.393. The fraction of sp³-hybridized carbons (Fsp3) is 0.222. The van der Waals surface area contributed by atoms with Gasteiger partial charge in [-0.25, -0.2) is 4.79 Å². The van der Waals surface area contributed by atoms with E-state index in [4.69, 9.17) is 15.9 Å². The summed E-state index contributed by atoms with van der Waals surface area (Å²) in [4.78, 5) is 11.3. The first-order valence-corrected chi connectivity index (χ1v) is 4.31. The Bertz CT molecular complexity index is 512. The molecule has 2 rings (SSSR count). The lowest BCUT2D eigenvalue weighted by Gasteiger charge is -1.98.